The molecule has 7 unspecified atom stereocenters. The Bertz CT molecular complexity index is 3540. The molecular weight excluding hydrogens is 1530 g/mol. The Hall–Kier alpha value is -7.73. The summed E-state index contributed by atoms with van der Waals surface area (Å²) in [6.45, 7) is 17.6. The molecule has 0 radical (unpaired) electrons. The van der Waals surface area contributed by atoms with E-state index < -0.39 is 180 Å². The fraction of sp³-hybridized carbons (Fsp3) is 0.462. The molecule has 1 aliphatic rings. The third kappa shape index (κ3) is 23.2. The smallest absolute Gasteiger partial charge is 0.430 e. The maximum absolute atomic E-state index is 13.2. The van der Waals surface area contributed by atoms with E-state index in [2.05, 4.69) is 37.6 Å². The quantitative estimate of drug-likeness (QED) is 0.0303. The zero-order valence-corrected chi connectivity index (χ0v) is 54.9. The predicted octanol–water partition coefficient (Wildman–Crippen LogP) is 18.2. The van der Waals surface area contributed by atoms with E-state index in [-0.39, 0.29) is 48.6 Å². The van der Waals surface area contributed by atoms with Crippen LogP contribution in [0.1, 0.15) is 92.8 Å². The molecule has 1 saturated carbocycles. The highest BCUT2D eigenvalue weighted by atomic mass is 19.5. The van der Waals surface area contributed by atoms with Gasteiger partial charge in [0.05, 0.1) is 0 Å². The first-order valence-corrected chi connectivity index (χ1v) is 28.9. The molecule has 0 bridgehead atoms. The molecule has 0 spiro atoms. The summed E-state index contributed by atoms with van der Waals surface area (Å²) in [5.74, 6) is -5.81. The Balaban J connectivity index is 0.000000674. The van der Waals surface area contributed by atoms with E-state index in [4.69, 9.17) is 24.8 Å². The lowest BCUT2D eigenvalue weighted by Gasteiger charge is -2.47. The number of carbonyl (C=O) groups excluding carboxylic acids is 1. The van der Waals surface area contributed by atoms with Crippen molar-refractivity contribution >= 4 is 30.3 Å². The van der Waals surface area contributed by atoms with Crippen LogP contribution in [-0.2, 0) is 26.3 Å². The second-order valence-corrected chi connectivity index (χ2v) is 23.8. The van der Waals surface area contributed by atoms with Crippen molar-refractivity contribution in [3.63, 3.8) is 0 Å². The van der Waals surface area contributed by atoms with Crippen LogP contribution in [0.5, 0.6) is 11.5 Å². The van der Waals surface area contributed by atoms with Gasteiger partial charge < -0.3 is 50.0 Å². The van der Waals surface area contributed by atoms with Gasteiger partial charge in [-0.15, -0.1) is 0 Å². The topological polar surface area (TPSA) is 186 Å². The van der Waals surface area contributed by atoms with Crippen LogP contribution in [0.4, 0.5) is 132 Å². The molecule has 0 saturated heterocycles. The molecule has 0 aliphatic heterocycles. The number of hydrogen-bond donors (Lipinski definition) is 7. The van der Waals surface area contributed by atoms with Crippen LogP contribution in [0.2, 0.25) is 0 Å². The molecule has 4 aromatic carbocycles. The van der Waals surface area contributed by atoms with Crippen LogP contribution in [-0.4, -0.2) is 145 Å². The number of halogens is 30. The Labute approximate surface area is 581 Å². The summed E-state index contributed by atoms with van der Waals surface area (Å²) in [5, 5.41) is 65.6. The lowest BCUT2D eigenvalue weighted by Crippen LogP contribution is -2.64. The van der Waals surface area contributed by atoms with Gasteiger partial charge in [-0.1, -0.05) is 99.7 Å². The first-order valence-electron chi connectivity index (χ1n) is 28.9. The van der Waals surface area contributed by atoms with E-state index in [1.165, 1.54) is 24.3 Å². The molecule has 7 atom stereocenters. The van der Waals surface area contributed by atoms with Crippen LogP contribution in [0.25, 0.3) is 24.3 Å². The largest absolute Gasteiger partial charge is 0.490 e. The molecule has 106 heavy (non-hydrogen) atoms. The number of ether oxygens (including phenoxy) is 3. The van der Waals surface area contributed by atoms with Crippen LogP contribution >= 0.6 is 0 Å². The van der Waals surface area contributed by atoms with Crippen molar-refractivity contribution in [2.24, 2.45) is 11.8 Å². The second-order valence-electron chi connectivity index (χ2n) is 23.8. The molecule has 41 heteroatoms. The molecule has 0 amide bonds. The Morgan fingerprint density at radius 1 is 0.396 bits per heavy atom. The maximum Gasteiger partial charge on any atom is 0.430 e. The summed E-state index contributed by atoms with van der Waals surface area (Å²) in [6.07, 6.45) is -57.6. The molecule has 1 fully saturated rings. The molecule has 1 aliphatic carbocycles. The van der Waals surface area contributed by atoms with Crippen molar-refractivity contribution in [1.29, 1.82) is 0 Å². The van der Waals surface area contributed by atoms with Gasteiger partial charge >= 0.3 is 67.7 Å². The van der Waals surface area contributed by atoms with Gasteiger partial charge in [-0.25, -0.2) is 4.79 Å². The number of alkyl halides is 30. The van der Waals surface area contributed by atoms with E-state index >= 15 is 0 Å². The van der Waals surface area contributed by atoms with Crippen LogP contribution in [0.15, 0.2) is 129 Å². The van der Waals surface area contributed by atoms with Gasteiger partial charge in [-0.05, 0) is 130 Å². The molecule has 0 aromatic heterocycles. The monoisotopic (exact) mass is 1590 g/mol. The molecule has 600 valence electrons. The molecule has 5 rings (SSSR count). The summed E-state index contributed by atoms with van der Waals surface area (Å²) in [7, 11) is 0. The van der Waals surface area contributed by atoms with Crippen molar-refractivity contribution in [3.8, 4) is 11.5 Å². The Kier molecular flexibility index (Phi) is 30.7. The number of esters is 1. The molecule has 11 nitrogen and oxygen atoms in total. The molecule has 7 N–H and O–H groups in total. The number of benzene rings is 4. The Morgan fingerprint density at radius 3 is 1.11 bits per heavy atom. The highest BCUT2D eigenvalue weighted by molar-refractivity contribution is 5.87. The number of hydrogen-bond acceptors (Lipinski definition) is 11. The van der Waals surface area contributed by atoms with Crippen LogP contribution in [0, 0.1) is 11.8 Å². The summed E-state index contributed by atoms with van der Waals surface area (Å²) < 4.78 is 398. The van der Waals surface area contributed by atoms with Gasteiger partial charge in [0.2, 0.25) is 0 Å². The Morgan fingerprint density at radius 2 is 0.755 bits per heavy atom. The number of carbonyl (C=O) groups is 1. The summed E-state index contributed by atoms with van der Waals surface area (Å²) >= 11 is 0. The van der Waals surface area contributed by atoms with E-state index in [0.29, 0.717) is 38.1 Å². The minimum Gasteiger partial charge on any atom is -0.490 e. The fourth-order valence-corrected chi connectivity index (χ4v) is 8.60. The zero-order chi connectivity index (χ0) is 83.7. The highest BCUT2D eigenvalue weighted by Crippen LogP contribution is 2.57. The van der Waals surface area contributed by atoms with Gasteiger partial charge in [0, 0.05) is 28.5 Å². The average Bonchev–Trinajstić information content (AvgIpc) is 0.745. The first kappa shape index (κ1) is 96.3. The lowest BCUT2D eigenvalue weighted by atomic mass is 9.66. The average molecular weight is 1590 g/mol. The SMILES string of the molecule is C=C(C)C(=O)OC1CC(C(C)(O)C(F)(F)F)CC(C(O)(C(F)(F)F)C(F)(F)F)C1.C=Cc1cc(C(C)(O)C(F)(F)F)cc(C(O)(C(F)(F)F)C(F)(F)F)c1.C=Cc1ccc(OCC(C)(O)C(F)(F)F)cc1.C=Cc1cccc(C(O)(C(F)(F)F)C(F)(F)F)c1.C=Cc1cccc(OCC(C)(O)C(F)(F)F)c1. The zero-order valence-electron chi connectivity index (χ0n) is 54.9. The van der Waals surface area contributed by atoms with Crippen molar-refractivity contribution in [2.45, 2.75) is 161 Å². The highest BCUT2D eigenvalue weighted by Gasteiger charge is 2.76. The lowest BCUT2D eigenvalue weighted by molar-refractivity contribution is -0.391. The second kappa shape index (κ2) is 33.8. The standard InChI is InChI=1S/C16H19F9O4.C14H11F9O2.2C12H13F3O2.C11H8F6O/c1-7(2)11(26)29-10-5-8(12(3,27)14(17,18)19)4-9(6-10)13(28,15(20,21)22)16(23,24)25;1-3-7-4-8(10(2,24)12(15,16)17)6-9(5-7)11(25,13(18,19)20)14(21,22)23;1-3-9-4-6-10(7-5-9)17-8-11(2,16)12(13,14)15;1-3-9-5-4-6-10(7-9)17-8-11(2,16)12(13,14)15;1-2-7-4-3-5-8(6-7)9(18,10(12,13)14)11(15,16)17/h8-10,27-28H,1,4-6H2,2-3H3;3-6,24-25H,1H2,2H3;2*3-7,16H,1,8H2,2H3;2-6,18H,1H2. The predicted molar refractivity (Wildman–Crippen MR) is 317 cm³/mol. The van der Waals surface area contributed by atoms with E-state index in [1.807, 2.05) is 0 Å². The van der Waals surface area contributed by atoms with E-state index in [9.17, 15) is 157 Å². The summed E-state index contributed by atoms with van der Waals surface area (Å²) in [4.78, 5) is 11.6. The summed E-state index contributed by atoms with van der Waals surface area (Å²) in [5.41, 5.74) is -32.7. The minimum atomic E-state index is -6.29. The van der Waals surface area contributed by atoms with Gasteiger partial charge in [-0.2, -0.15) is 132 Å². The molecule has 0 heterocycles. The van der Waals surface area contributed by atoms with Gasteiger partial charge in [0.1, 0.15) is 30.8 Å². The van der Waals surface area contributed by atoms with Crippen molar-refractivity contribution < 1.29 is 186 Å². The van der Waals surface area contributed by atoms with Crippen LogP contribution in [0.3, 0.4) is 0 Å². The third-order valence-electron chi connectivity index (χ3n) is 15.5. The number of rotatable bonds is 17. The van der Waals surface area contributed by atoms with Crippen molar-refractivity contribution in [2.75, 3.05) is 13.2 Å². The molecular formula is C65H64F30O11. The molecule has 4 aromatic rings. The number of aliphatic hydroxyl groups is 7. The maximum atomic E-state index is 13.2. The normalized spacial score (nSPS) is 18.3. The third-order valence-corrected chi connectivity index (χ3v) is 15.5. The fourth-order valence-electron chi connectivity index (χ4n) is 8.60. The first-order chi connectivity index (χ1) is 47.1. The van der Waals surface area contributed by atoms with Gasteiger partial charge in [-0.3, -0.25) is 0 Å². The van der Waals surface area contributed by atoms with Gasteiger partial charge in [0.15, 0.2) is 22.4 Å². The van der Waals surface area contributed by atoms with Crippen molar-refractivity contribution in [3.05, 3.63) is 168 Å². The van der Waals surface area contributed by atoms with E-state index in [0.717, 1.165) is 30.2 Å². The van der Waals surface area contributed by atoms with Gasteiger partial charge in [0.25, 0.3) is 16.8 Å². The van der Waals surface area contributed by atoms with Crippen molar-refractivity contribution in [1.82, 2.24) is 0 Å². The van der Waals surface area contributed by atoms with E-state index in [1.54, 1.807) is 42.5 Å². The van der Waals surface area contributed by atoms with Crippen LogP contribution < -0.4 is 9.47 Å². The minimum absolute atomic E-state index is 0.0411. The summed E-state index contributed by atoms with van der Waals surface area (Å²) in [6, 6.07) is 16.7.